The minimum absolute atomic E-state index is 0.111. The first kappa shape index (κ1) is 26.6. The SMILES string of the molecule is Cc1cccc(N(CC(=O)N2C[C@@H]3NC(=O)c4ncccc4OCCn4cc(nn4)CO[C@H]3C2)S(C)(=O)=O)c1. The molecular formula is C25H29N7O6S. The van der Waals surface area contributed by atoms with Crippen LogP contribution in [0.2, 0.25) is 0 Å². The van der Waals surface area contributed by atoms with Crippen LogP contribution in [-0.2, 0) is 32.7 Å². The van der Waals surface area contributed by atoms with Crippen molar-refractivity contribution in [2.75, 3.05) is 36.8 Å². The molecule has 39 heavy (non-hydrogen) atoms. The highest BCUT2D eigenvalue weighted by Gasteiger charge is 2.39. The van der Waals surface area contributed by atoms with Crippen molar-refractivity contribution in [2.24, 2.45) is 0 Å². The van der Waals surface area contributed by atoms with Gasteiger partial charge in [-0.25, -0.2) is 18.1 Å². The number of anilines is 1. The van der Waals surface area contributed by atoms with E-state index < -0.39 is 34.0 Å². The maximum absolute atomic E-state index is 13.4. The standard InChI is InChI=1S/C25H29N7O6S/c1-17-5-3-6-19(11-17)32(39(2,35)36)15-23(33)30-13-20-22(14-30)38-16-18-12-31(29-28-18)9-10-37-21-7-4-8-26-24(21)25(34)27-20/h3-8,11-12,20,22H,9-10,13-16H2,1-2H3,(H,27,34)/t20-,22-/m0/s1. The molecule has 1 fully saturated rings. The van der Waals surface area contributed by atoms with Crippen LogP contribution in [0.15, 0.2) is 48.8 Å². The zero-order chi connectivity index (χ0) is 27.6. The van der Waals surface area contributed by atoms with E-state index in [1.165, 1.54) is 11.1 Å². The molecule has 2 aliphatic rings. The molecule has 2 atom stereocenters. The van der Waals surface area contributed by atoms with Gasteiger partial charge in [-0.1, -0.05) is 17.3 Å². The number of hydrogen-bond acceptors (Lipinski definition) is 9. The number of nitrogens with one attached hydrogen (secondary N) is 1. The van der Waals surface area contributed by atoms with Crippen LogP contribution in [-0.4, -0.2) is 89.8 Å². The van der Waals surface area contributed by atoms with Crippen molar-refractivity contribution in [2.45, 2.75) is 32.2 Å². The van der Waals surface area contributed by atoms with Gasteiger partial charge >= 0.3 is 0 Å². The molecule has 206 valence electrons. The Morgan fingerprint density at radius 2 is 2.08 bits per heavy atom. The van der Waals surface area contributed by atoms with E-state index in [-0.39, 0.29) is 38.5 Å². The monoisotopic (exact) mass is 555 g/mol. The molecule has 13 nitrogen and oxygen atoms in total. The third kappa shape index (κ3) is 6.17. The van der Waals surface area contributed by atoms with Crippen LogP contribution in [0.4, 0.5) is 5.69 Å². The molecule has 2 bridgehead atoms. The summed E-state index contributed by atoms with van der Waals surface area (Å²) in [6.45, 7) is 2.51. The first-order valence-corrected chi connectivity index (χ1v) is 14.2. The molecule has 14 heteroatoms. The third-order valence-corrected chi connectivity index (χ3v) is 7.64. The highest BCUT2D eigenvalue weighted by molar-refractivity contribution is 7.92. The minimum atomic E-state index is -3.74. The molecule has 2 aliphatic heterocycles. The Morgan fingerprint density at radius 3 is 2.87 bits per heavy atom. The van der Waals surface area contributed by atoms with Crippen molar-refractivity contribution in [1.82, 2.24) is 30.2 Å². The summed E-state index contributed by atoms with van der Waals surface area (Å²) in [6, 6.07) is 9.68. The van der Waals surface area contributed by atoms with E-state index in [1.807, 2.05) is 13.0 Å². The molecule has 1 saturated heterocycles. The van der Waals surface area contributed by atoms with Crippen LogP contribution >= 0.6 is 0 Å². The van der Waals surface area contributed by atoms with Crippen LogP contribution in [0.25, 0.3) is 0 Å². The molecule has 0 aliphatic carbocycles. The van der Waals surface area contributed by atoms with E-state index in [1.54, 1.807) is 41.2 Å². The molecule has 1 aromatic carbocycles. The number of aromatic nitrogens is 4. The molecule has 5 rings (SSSR count). The quantitative estimate of drug-likeness (QED) is 0.482. The topological polar surface area (TPSA) is 149 Å². The van der Waals surface area contributed by atoms with E-state index in [2.05, 4.69) is 20.6 Å². The molecule has 0 unspecified atom stereocenters. The summed E-state index contributed by atoms with van der Waals surface area (Å²) in [5.41, 5.74) is 1.97. The number of carbonyl (C=O) groups excluding carboxylic acids is 2. The second-order valence-corrected chi connectivity index (χ2v) is 11.4. The predicted octanol–water partition coefficient (Wildman–Crippen LogP) is 0.366. The van der Waals surface area contributed by atoms with Crippen molar-refractivity contribution >= 4 is 27.5 Å². The summed E-state index contributed by atoms with van der Waals surface area (Å²) in [6.07, 6.45) is 3.73. The Hall–Kier alpha value is -4.04. The van der Waals surface area contributed by atoms with E-state index in [0.29, 0.717) is 23.7 Å². The molecule has 2 aromatic heterocycles. The first-order chi connectivity index (χ1) is 18.7. The summed E-state index contributed by atoms with van der Waals surface area (Å²) >= 11 is 0. The van der Waals surface area contributed by atoms with Gasteiger partial charge in [0.2, 0.25) is 15.9 Å². The van der Waals surface area contributed by atoms with E-state index >= 15 is 0 Å². The fraction of sp³-hybridized carbons (Fsp3) is 0.400. The largest absolute Gasteiger partial charge is 0.489 e. The van der Waals surface area contributed by atoms with E-state index in [4.69, 9.17) is 9.47 Å². The van der Waals surface area contributed by atoms with Gasteiger partial charge in [0.15, 0.2) is 11.4 Å². The van der Waals surface area contributed by atoms with Crippen molar-refractivity contribution in [3.05, 3.63) is 65.7 Å². The third-order valence-electron chi connectivity index (χ3n) is 6.50. The number of rotatable bonds is 4. The number of carbonyl (C=O) groups is 2. The first-order valence-electron chi connectivity index (χ1n) is 12.4. The summed E-state index contributed by atoms with van der Waals surface area (Å²) < 4.78 is 39.8. The van der Waals surface area contributed by atoms with Crippen molar-refractivity contribution in [3.8, 4) is 5.75 Å². The maximum atomic E-state index is 13.4. The Balaban J connectivity index is 1.38. The van der Waals surface area contributed by atoms with Gasteiger partial charge in [0, 0.05) is 19.3 Å². The molecular weight excluding hydrogens is 526 g/mol. The zero-order valence-electron chi connectivity index (χ0n) is 21.6. The average Bonchev–Trinajstić information content (AvgIpc) is 3.52. The van der Waals surface area contributed by atoms with Gasteiger partial charge in [-0.2, -0.15) is 0 Å². The van der Waals surface area contributed by atoms with Crippen molar-refractivity contribution in [1.29, 1.82) is 0 Å². The van der Waals surface area contributed by atoms with Gasteiger partial charge in [-0.15, -0.1) is 5.10 Å². The fourth-order valence-corrected chi connectivity index (χ4v) is 5.40. The molecule has 2 amide bonds. The molecule has 0 saturated carbocycles. The van der Waals surface area contributed by atoms with Crippen molar-refractivity contribution < 1.29 is 27.5 Å². The van der Waals surface area contributed by atoms with Crippen LogP contribution in [0.1, 0.15) is 21.7 Å². The summed E-state index contributed by atoms with van der Waals surface area (Å²) in [5, 5.41) is 11.1. The predicted molar refractivity (Wildman–Crippen MR) is 140 cm³/mol. The lowest BCUT2D eigenvalue weighted by Gasteiger charge is -2.25. The van der Waals surface area contributed by atoms with Gasteiger partial charge in [0.05, 0.1) is 43.4 Å². The summed E-state index contributed by atoms with van der Waals surface area (Å²) in [4.78, 5) is 32.3. The second kappa shape index (κ2) is 11.0. The van der Waals surface area contributed by atoms with E-state index in [0.717, 1.165) is 16.1 Å². The van der Waals surface area contributed by atoms with Crippen LogP contribution in [0, 0.1) is 6.92 Å². The van der Waals surface area contributed by atoms with E-state index in [9.17, 15) is 18.0 Å². The number of pyridine rings is 1. The molecule has 4 heterocycles. The minimum Gasteiger partial charge on any atom is -0.489 e. The molecule has 0 radical (unpaired) electrons. The van der Waals surface area contributed by atoms with Crippen molar-refractivity contribution in [3.63, 3.8) is 0 Å². The Labute approximate surface area is 225 Å². The number of aryl methyl sites for hydroxylation is 1. The number of fused-ring (bicyclic) bond motifs is 4. The Bertz CT molecular complexity index is 1480. The number of benzene rings is 1. The van der Waals surface area contributed by atoms with Gasteiger partial charge in [0.25, 0.3) is 5.91 Å². The fourth-order valence-electron chi connectivity index (χ4n) is 4.56. The number of nitrogens with zero attached hydrogens (tertiary/aromatic N) is 6. The number of hydrogen-bond donors (Lipinski definition) is 1. The number of ether oxygens (including phenoxy) is 2. The lowest BCUT2D eigenvalue weighted by molar-refractivity contribution is -0.129. The molecule has 3 aromatic rings. The van der Waals surface area contributed by atoms with Gasteiger partial charge in [-0.05, 0) is 36.8 Å². The Morgan fingerprint density at radius 1 is 1.23 bits per heavy atom. The summed E-state index contributed by atoms with van der Waals surface area (Å²) in [7, 11) is -3.74. The smallest absolute Gasteiger partial charge is 0.274 e. The van der Waals surface area contributed by atoms with Gasteiger partial charge in [-0.3, -0.25) is 13.9 Å². The lowest BCUT2D eigenvalue weighted by Crippen LogP contribution is -2.45. The lowest BCUT2D eigenvalue weighted by atomic mass is 10.2. The molecule has 0 spiro atoms. The number of amides is 2. The molecule has 1 N–H and O–H groups in total. The van der Waals surface area contributed by atoms with Crippen LogP contribution < -0.4 is 14.4 Å². The number of sulfonamides is 1. The van der Waals surface area contributed by atoms with Crippen LogP contribution in [0.5, 0.6) is 5.75 Å². The summed E-state index contributed by atoms with van der Waals surface area (Å²) in [5.74, 6) is -0.569. The number of likely N-dealkylation sites (tertiary alicyclic amines) is 1. The average molecular weight is 556 g/mol. The maximum Gasteiger partial charge on any atom is 0.274 e. The Kier molecular flexibility index (Phi) is 7.48. The highest BCUT2D eigenvalue weighted by Crippen LogP contribution is 2.22. The normalized spacial score (nSPS) is 19.7. The second-order valence-electron chi connectivity index (χ2n) is 9.51. The van der Waals surface area contributed by atoms with Gasteiger partial charge < -0.3 is 19.7 Å². The highest BCUT2D eigenvalue weighted by atomic mass is 32.2. The zero-order valence-corrected chi connectivity index (χ0v) is 22.4. The van der Waals surface area contributed by atoms with Crippen LogP contribution in [0.3, 0.4) is 0 Å². The van der Waals surface area contributed by atoms with Gasteiger partial charge in [0.1, 0.15) is 18.8 Å².